The smallest absolute Gasteiger partial charge is 0.253 e. The molecule has 0 aromatic heterocycles. The zero-order valence-electron chi connectivity index (χ0n) is 10.7. The summed E-state index contributed by atoms with van der Waals surface area (Å²) in [6, 6.07) is 5.41. The molecule has 0 atom stereocenters. The molecule has 0 bridgehead atoms. The topological polar surface area (TPSA) is 46.3 Å². The Hall–Kier alpha value is -1.16. The minimum atomic E-state index is 0.0728. The van der Waals surface area contributed by atoms with Gasteiger partial charge in [0, 0.05) is 24.8 Å². The van der Waals surface area contributed by atoms with Gasteiger partial charge in [0.1, 0.15) is 0 Å². The molecule has 1 aromatic rings. The molecule has 2 N–H and O–H groups in total. The average molecular weight is 252 g/mol. The second-order valence-electron chi connectivity index (χ2n) is 4.15. The largest absolute Gasteiger partial charge is 0.399 e. The first-order valence-electron chi connectivity index (χ1n) is 5.66. The third-order valence-electron chi connectivity index (χ3n) is 2.67. The van der Waals surface area contributed by atoms with Crippen LogP contribution in [0.1, 0.15) is 22.3 Å². The van der Waals surface area contributed by atoms with Crippen LogP contribution in [0.2, 0.25) is 0 Å². The van der Waals surface area contributed by atoms with Crippen LogP contribution in [0.25, 0.3) is 0 Å². The number of nitrogen functional groups attached to an aromatic ring is 1. The number of benzene rings is 1. The number of aryl methyl sites for hydroxylation is 1. The third kappa shape index (κ3) is 3.97. The van der Waals surface area contributed by atoms with Gasteiger partial charge in [0.15, 0.2) is 0 Å². The predicted octanol–water partition coefficient (Wildman–Crippen LogP) is 2.40. The Bertz CT molecular complexity index is 393. The zero-order chi connectivity index (χ0) is 12.8. The lowest BCUT2D eigenvalue weighted by Crippen LogP contribution is -2.28. The van der Waals surface area contributed by atoms with Gasteiger partial charge in [-0.1, -0.05) is 0 Å². The van der Waals surface area contributed by atoms with Crippen LogP contribution in [0.5, 0.6) is 0 Å². The Balaban J connectivity index is 2.68. The standard InChI is InChI=1S/C13H20N2OS/c1-10-9-11(14)5-6-12(10)13(16)15(2)7-4-8-17-3/h5-6,9H,4,7-8,14H2,1-3H3. The van der Waals surface area contributed by atoms with E-state index in [4.69, 9.17) is 5.73 Å². The molecule has 0 radical (unpaired) electrons. The van der Waals surface area contributed by atoms with Crippen molar-refractivity contribution < 1.29 is 4.79 Å². The highest BCUT2D eigenvalue weighted by molar-refractivity contribution is 7.98. The minimum absolute atomic E-state index is 0.0728. The lowest BCUT2D eigenvalue weighted by molar-refractivity contribution is 0.0795. The molecule has 0 aliphatic rings. The van der Waals surface area contributed by atoms with Crippen molar-refractivity contribution in [3.63, 3.8) is 0 Å². The molecule has 0 unspecified atom stereocenters. The normalized spacial score (nSPS) is 10.3. The predicted molar refractivity (Wildman–Crippen MR) is 75.6 cm³/mol. The van der Waals surface area contributed by atoms with E-state index in [1.807, 2.05) is 20.0 Å². The minimum Gasteiger partial charge on any atom is -0.399 e. The quantitative estimate of drug-likeness (QED) is 0.646. The highest BCUT2D eigenvalue weighted by Crippen LogP contribution is 2.14. The number of carbonyl (C=O) groups is 1. The van der Waals surface area contributed by atoms with Gasteiger partial charge in [-0.3, -0.25) is 4.79 Å². The Morgan fingerprint density at radius 1 is 1.47 bits per heavy atom. The first kappa shape index (κ1) is 13.9. The molecular weight excluding hydrogens is 232 g/mol. The van der Waals surface area contributed by atoms with E-state index in [1.54, 1.807) is 28.8 Å². The molecule has 0 aliphatic carbocycles. The third-order valence-corrected chi connectivity index (χ3v) is 3.37. The number of amides is 1. The van der Waals surface area contributed by atoms with Crippen LogP contribution in [-0.4, -0.2) is 36.4 Å². The molecule has 94 valence electrons. The monoisotopic (exact) mass is 252 g/mol. The fraction of sp³-hybridized carbons (Fsp3) is 0.462. The van der Waals surface area contributed by atoms with Gasteiger partial charge in [-0.2, -0.15) is 11.8 Å². The first-order valence-corrected chi connectivity index (χ1v) is 7.06. The van der Waals surface area contributed by atoms with Crippen molar-refractivity contribution >= 4 is 23.4 Å². The number of hydrogen-bond acceptors (Lipinski definition) is 3. The van der Waals surface area contributed by atoms with E-state index in [9.17, 15) is 4.79 Å². The van der Waals surface area contributed by atoms with Gasteiger partial charge in [0.2, 0.25) is 0 Å². The van der Waals surface area contributed by atoms with Crippen molar-refractivity contribution in [1.29, 1.82) is 0 Å². The van der Waals surface area contributed by atoms with Crippen LogP contribution in [0.3, 0.4) is 0 Å². The molecule has 1 rings (SSSR count). The van der Waals surface area contributed by atoms with E-state index >= 15 is 0 Å². The second-order valence-corrected chi connectivity index (χ2v) is 5.13. The number of hydrogen-bond donors (Lipinski definition) is 1. The molecule has 0 heterocycles. The molecule has 0 saturated carbocycles. The molecule has 1 aromatic carbocycles. The molecule has 17 heavy (non-hydrogen) atoms. The van der Waals surface area contributed by atoms with Crippen LogP contribution in [0.15, 0.2) is 18.2 Å². The maximum Gasteiger partial charge on any atom is 0.253 e. The highest BCUT2D eigenvalue weighted by atomic mass is 32.2. The Morgan fingerprint density at radius 3 is 2.76 bits per heavy atom. The lowest BCUT2D eigenvalue weighted by atomic mass is 10.1. The van der Waals surface area contributed by atoms with Crippen molar-refractivity contribution in [1.82, 2.24) is 4.90 Å². The molecule has 1 amide bonds. The van der Waals surface area contributed by atoms with E-state index in [2.05, 4.69) is 6.26 Å². The van der Waals surface area contributed by atoms with Crippen molar-refractivity contribution in [3.05, 3.63) is 29.3 Å². The summed E-state index contributed by atoms with van der Waals surface area (Å²) in [5.74, 6) is 1.15. The SMILES string of the molecule is CSCCCN(C)C(=O)c1ccc(N)cc1C. The molecule has 0 spiro atoms. The fourth-order valence-electron chi connectivity index (χ4n) is 1.68. The number of anilines is 1. The summed E-state index contributed by atoms with van der Waals surface area (Å²) in [7, 11) is 1.85. The summed E-state index contributed by atoms with van der Waals surface area (Å²) in [4.78, 5) is 13.9. The Morgan fingerprint density at radius 2 is 2.18 bits per heavy atom. The summed E-state index contributed by atoms with van der Waals surface area (Å²) >= 11 is 1.80. The Labute approximate surface area is 107 Å². The summed E-state index contributed by atoms with van der Waals surface area (Å²) < 4.78 is 0. The number of nitrogens with two attached hydrogens (primary N) is 1. The van der Waals surface area contributed by atoms with Gasteiger partial charge in [0.05, 0.1) is 0 Å². The van der Waals surface area contributed by atoms with Crippen LogP contribution >= 0.6 is 11.8 Å². The van der Waals surface area contributed by atoms with Crippen LogP contribution < -0.4 is 5.73 Å². The molecule has 4 heteroatoms. The fourth-order valence-corrected chi connectivity index (χ4v) is 2.10. The van der Waals surface area contributed by atoms with Gasteiger partial charge in [0.25, 0.3) is 5.91 Å². The molecular formula is C13H20N2OS. The summed E-state index contributed by atoms with van der Waals surface area (Å²) in [6.45, 7) is 2.71. The Kier molecular flexibility index (Phi) is 5.35. The van der Waals surface area contributed by atoms with E-state index in [1.165, 1.54) is 0 Å². The van der Waals surface area contributed by atoms with Crippen LogP contribution in [0.4, 0.5) is 5.69 Å². The van der Waals surface area contributed by atoms with Gasteiger partial charge < -0.3 is 10.6 Å². The molecule has 0 aliphatic heterocycles. The number of thioether (sulfide) groups is 1. The lowest BCUT2D eigenvalue weighted by Gasteiger charge is -2.18. The molecule has 3 nitrogen and oxygen atoms in total. The number of nitrogens with zero attached hydrogens (tertiary/aromatic N) is 1. The van der Waals surface area contributed by atoms with Crippen LogP contribution in [-0.2, 0) is 0 Å². The summed E-state index contributed by atoms with van der Waals surface area (Å²) in [5, 5.41) is 0. The maximum absolute atomic E-state index is 12.1. The second kappa shape index (κ2) is 6.55. The summed E-state index contributed by atoms with van der Waals surface area (Å²) in [5.41, 5.74) is 8.05. The first-order chi connectivity index (χ1) is 8.06. The van der Waals surface area contributed by atoms with E-state index in [-0.39, 0.29) is 5.91 Å². The van der Waals surface area contributed by atoms with Crippen molar-refractivity contribution in [3.8, 4) is 0 Å². The zero-order valence-corrected chi connectivity index (χ0v) is 11.5. The number of rotatable bonds is 5. The van der Waals surface area contributed by atoms with Crippen molar-refractivity contribution in [2.45, 2.75) is 13.3 Å². The van der Waals surface area contributed by atoms with Crippen molar-refractivity contribution in [2.24, 2.45) is 0 Å². The highest BCUT2D eigenvalue weighted by Gasteiger charge is 2.13. The van der Waals surface area contributed by atoms with E-state index < -0.39 is 0 Å². The maximum atomic E-state index is 12.1. The van der Waals surface area contributed by atoms with Gasteiger partial charge in [-0.15, -0.1) is 0 Å². The molecule has 0 saturated heterocycles. The number of carbonyl (C=O) groups excluding carboxylic acids is 1. The molecule has 0 fully saturated rings. The van der Waals surface area contributed by atoms with Gasteiger partial charge in [-0.05, 0) is 49.1 Å². The van der Waals surface area contributed by atoms with E-state index in [0.29, 0.717) is 5.69 Å². The van der Waals surface area contributed by atoms with Crippen molar-refractivity contribution in [2.75, 3.05) is 31.3 Å². The van der Waals surface area contributed by atoms with Gasteiger partial charge >= 0.3 is 0 Å². The van der Waals surface area contributed by atoms with Gasteiger partial charge in [-0.25, -0.2) is 0 Å². The van der Waals surface area contributed by atoms with Crippen LogP contribution in [0, 0.1) is 6.92 Å². The average Bonchev–Trinajstić information content (AvgIpc) is 2.28. The summed E-state index contributed by atoms with van der Waals surface area (Å²) in [6.07, 6.45) is 3.10. The van der Waals surface area contributed by atoms with E-state index in [0.717, 1.165) is 29.8 Å².